The van der Waals surface area contributed by atoms with E-state index in [-0.39, 0.29) is 11.2 Å². The quantitative estimate of drug-likeness (QED) is 0.790. The van der Waals surface area contributed by atoms with E-state index in [9.17, 15) is 9.00 Å². The Bertz CT molecular complexity index is 426. The van der Waals surface area contributed by atoms with Gasteiger partial charge in [-0.3, -0.25) is 9.00 Å². The average Bonchev–Trinajstić information content (AvgIpc) is 2.25. The van der Waals surface area contributed by atoms with Gasteiger partial charge in [0.1, 0.15) is 0 Å². The highest BCUT2D eigenvalue weighted by Crippen LogP contribution is 2.15. The van der Waals surface area contributed by atoms with E-state index in [4.69, 9.17) is 5.73 Å². The van der Waals surface area contributed by atoms with Crippen LogP contribution in [0.15, 0.2) is 18.2 Å². The van der Waals surface area contributed by atoms with Gasteiger partial charge in [-0.15, -0.1) is 0 Å². The van der Waals surface area contributed by atoms with Crippen molar-refractivity contribution in [3.63, 3.8) is 0 Å². The van der Waals surface area contributed by atoms with Gasteiger partial charge >= 0.3 is 0 Å². The molecular weight excluding hydrogens is 236 g/mol. The zero-order valence-corrected chi connectivity index (χ0v) is 11.1. The lowest BCUT2D eigenvalue weighted by atomic mass is 10.1. The topological polar surface area (TPSA) is 72.2 Å². The molecule has 1 aromatic carbocycles. The van der Waals surface area contributed by atoms with Crippen LogP contribution in [-0.4, -0.2) is 28.2 Å². The summed E-state index contributed by atoms with van der Waals surface area (Å²) < 4.78 is 11.2. The van der Waals surface area contributed by atoms with E-state index >= 15 is 0 Å². The normalized spacial score (nSPS) is 14.1. The van der Waals surface area contributed by atoms with E-state index in [0.717, 1.165) is 5.56 Å². The molecule has 2 unspecified atom stereocenters. The standard InChI is InChI=1S/C12H18N2O2S/c1-8-5-4-6-10(13)11(8)12(15)14-7-9(2)17(3)16/h4-6,9H,7,13H2,1-3H3,(H,14,15). The number of anilines is 1. The van der Waals surface area contributed by atoms with Crippen molar-refractivity contribution in [3.8, 4) is 0 Å². The first-order chi connectivity index (χ1) is 7.93. The molecule has 0 heterocycles. The smallest absolute Gasteiger partial charge is 0.253 e. The predicted molar refractivity (Wildman–Crippen MR) is 71.5 cm³/mol. The van der Waals surface area contributed by atoms with Gasteiger partial charge in [0.15, 0.2) is 0 Å². The molecule has 0 fully saturated rings. The van der Waals surface area contributed by atoms with Crippen LogP contribution in [0.25, 0.3) is 0 Å². The van der Waals surface area contributed by atoms with Crippen LogP contribution in [0, 0.1) is 6.92 Å². The molecule has 1 aromatic rings. The maximum atomic E-state index is 11.9. The molecule has 2 atom stereocenters. The summed E-state index contributed by atoms with van der Waals surface area (Å²) in [5.74, 6) is -0.210. The van der Waals surface area contributed by atoms with E-state index in [2.05, 4.69) is 5.32 Å². The number of carbonyl (C=O) groups excluding carboxylic acids is 1. The molecule has 94 valence electrons. The molecular formula is C12H18N2O2S. The first kappa shape index (κ1) is 13.7. The van der Waals surface area contributed by atoms with Gasteiger partial charge < -0.3 is 11.1 Å². The van der Waals surface area contributed by atoms with Crippen molar-refractivity contribution in [2.24, 2.45) is 0 Å². The lowest BCUT2D eigenvalue weighted by molar-refractivity contribution is 0.0954. The summed E-state index contributed by atoms with van der Waals surface area (Å²) in [5.41, 5.74) is 7.58. The number of nitrogens with two attached hydrogens (primary N) is 1. The first-order valence-corrected chi connectivity index (χ1v) is 7.01. The van der Waals surface area contributed by atoms with E-state index < -0.39 is 10.8 Å². The minimum atomic E-state index is -0.940. The maximum absolute atomic E-state index is 11.9. The summed E-state index contributed by atoms with van der Waals surface area (Å²) in [4.78, 5) is 11.9. The number of benzene rings is 1. The van der Waals surface area contributed by atoms with Crippen LogP contribution in [0.4, 0.5) is 5.69 Å². The fraction of sp³-hybridized carbons (Fsp3) is 0.417. The summed E-state index contributed by atoms with van der Waals surface area (Å²) in [5, 5.41) is 2.68. The fourth-order valence-corrected chi connectivity index (χ4v) is 1.76. The Morgan fingerprint density at radius 2 is 2.18 bits per heavy atom. The molecule has 0 aromatic heterocycles. The molecule has 0 saturated carbocycles. The predicted octanol–water partition coefficient (Wildman–Crippen LogP) is 1.07. The molecule has 0 radical (unpaired) electrons. The van der Waals surface area contributed by atoms with Crippen molar-refractivity contribution >= 4 is 22.4 Å². The van der Waals surface area contributed by atoms with Crippen LogP contribution < -0.4 is 11.1 Å². The lowest BCUT2D eigenvalue weighted by Crippen LogP contribution is -2.33. The van der Waals surface area contributed by atoms with Gasteiger partial charge in [-0.05, 0) is 25.5 Å². The summed E-state index contributed by atoms with van der Waals surface area (Å²) in [6.07, 6.45) is 1.62. The average molecular weight is 254 g/mol. The lowest BCUT2D eigenvalue weighted by Gasteiger charge is -2.12. The second kappa shape index (κ2) is 5.82. The maximum Gasteiger partial charge on any atom is 0.253 e. The van der Waals surface area contributed by atoms with Gasteiger partial charge in [0.25, 0.3) is 5.91 Å². The number of hydrogen-bond acceptors (Lipinski definition) is 3. The van der Waals surface area contributed by atoms with Crippen LogP contribution in [0.2, 0.25) is 0 Å². The number of nitrogen functional groups attached to an aromatic ring is 1. The van der Waals surface area contributed by atoms with Crippen molar-refractivity contribution in [2.75, 3.05) is 18.5 Å². The highest BCUT2D eigenvalue weighted by Gasteiger charge is 2.14. The molecule has 0 aliphatic heterocycles. The van der Waals surface area contributed by atoms with E-state index in [1.807, 2.05) is 26.0 Å². The Morgan fingerprint density at radius 1 is 1.53 bits per heavy atom. The van der Waals surface area contributed by atoms with Gasteiger partial charge in [-0.2, -0.15) is 0 Å². The van der Waals surface area contributed by atoms with Crippen LogP contribution in [0.1, 0.15) is 22.8 Å². The van der Waals surface area contributed by atoms with E-state index in [0.29, 0.717) is 17.8 Å². The van der Waals surface area contributed by atoms with Crippen LogP contribution in [0.5, 0.6) is 0 Å². The molecule has 4 nitrogen and oxygen atoms in total. The van der Waals surface area contributed by atoms with Crippen molar-refractivity contribution in [1.82, 2.24) is 5.32 Å². The molecule has 1 amide bonds. The number of hydrogen-bond donors (Lipinski definition) is 2. The fourth-order valence-electron chi connectivity index (χ4n) is 1.44. The van der Waals surface area contributed by atoms with Gasteiger partial charge in [-0.25, -0.2) is 0 Å². The second-order valence-corrected chi connectivity index (χ2v) is 5.86. The number of nitrogens with one attached hydrogen (secondary N) is 1. The largest absolute Gasteiger partial charge is 0.398 e. The van der Waals surface area contributed by atoms with Crippen molar-refractivity contribution in [2.45, 2.75) is 19.1 Å². The highest BCUT2D eigenvalue weighted by atomic mass is 32.2. The summed E-state index contributed by atoms with van der Waals surface area (Å²) in [6.45, 7) is 4.06. The third-order valence-corrected chi connectivity index (χ3v) is 3.95. The molecule has 17 heavy (non-hydrogen) atoms. The molecule has 0 spiro atoms. The van der Waals surface area contributed by atoms with Crippen molar-refractivity contribution in [1.29, 1.82) is 0 Å². The summed E-state index contributed by atoms with van der Waals surface area (Å²) >= 11 is 0. The minimum Gasteiger partial charge on any atom is -0.398 e. The second-order valence-electron chi connectivity index (χ2n) is 4.06. The monoisotopic (exact) mass is 254 g/mol. The first-order valence-electron chi connectivity index (χ1n) is 5.39. The summed E-state index contributed by atoms with van der Waals surface area (Å²) in [7, 11) is -0.940. The van der Waals surface area contributed by atoms with E-state index in [1.165, 1.54) is 0 Å². The summed E-state index contributed by atoms with van der Waals surface area (Å²) in [6, 6.07) is 5.35. The Hall–Kier alpha value is -1.36. The van der Waals surface area contributed by atoms with Gasteiger partial charge in [-0.1, -0.05) is 12.1 Å². The zero-order valence-electron chi connectivity index (χ0n) is 10.3. The Labute approximate surface area is 104 Å². The third kappa shape index (κ3) is 3.56. The molecule has 0 aliphatic rings. The van der Waals surface area contributed by atoms with Crippen molar-refractivity contribution in [3.05, 3.63) is 29.3 Å². The van der Waals surface area contributed by atoms with Gasteiger partial charge in [0.2, 0.25) is 0 Å². The molecule has 3 N–H and O–H groups in total. The molecule has 0 bridgehead atoms. The Kier molecular flexibility index (Phi) is 4.69. The van der Waals surface area contributed by atoms with Gasteiger partial charge in [0, 0.05) is 34.5 Å². The molecule has 1 rings (SSSR count). The van der Waals surface area contributed by atoms with Crippen LogP contribution in [0.3, 0.4) is 0 Å². The number of aryl methyl sites for hydroxylation is 1. The number of rotatable bonds is 4. The molecule has 0 saturated heterocycles. The van der Waals surface area contributed by atoms with Crippen molar-refractivity contribution < 1.29 is 9.00 Å². The van der Waals surface area contributed by atoms with Crippen LogP contribution >= 0.6 is 0 Å². The van der Waals surface area contributed by atoms with Crippen LogP contribution in [-0.2, 0) is 10.8 Å². The molecule has 5 heteroatoms. The van der Waals surface area contributed by atoms with E-state index in [1.54, 1.807) is 12.3 Å². The number of amides is 1. The minimum absolute atomic E-state index is 0.0656. The Morgan fingerprint density at radius 3 is 2.71 bits per heavy atom. The Balaban J connectivity index is 2.74. The zero-order chi connectivity index (χ0) is 13.0. The SMILES string of the molecule is Cc1cccc(N)c1C(=O)NCC(C)S(C)=O. The molecule has 0 aliphatic carbocycles. The van der Waals surface area contributed by atoms with Gasteiger partial charge in [0.05, 0.1) is 5.56 Å². The number of carbonyl (C=O) groups is 1. The third-order valence-electron chi connectivity index (χ3n) is 2.65. The highest BCUT2D eigenvalue weighted by molar-refractivity contribution is 7.84.